The van der Waals surface area contributed by atoms with Gasteiger partial charge in [0.15, 0.2) is 0 Å². The molecule has 1 unspecified atom stereocenters. The fraction of sp³-hybridized carbons (Fsp3) is 0.636. The highest BCUT2D eigenvalue weighted by atomic mass is 32.1. The molecule has 0 aromatic carbocycles. The van der Waals surface area contributed by atoms with E-state index in [4.69, 9.17) is 4.74 Å². The van der Waals surface area contributed by atoms with Gasteiger partial charge in [-0.1, -0.05) is 0 Å². The third-order valence-electron chi connectivity index (χ3n) is 2.73. The Labute approximate surface area is 89.3 Å². The van der Waals surface area contributed by atoms with E-state index in [2.05, 4.69) is 29.1 Å². The Bertz CT molecular complexity index is 265. The van der Waals surface area contributed by atoms with E-state index in [1.807, 2.05) is 0 Å². The van der Waals surface area contributed by atoms with Gasteiger partial charge in [0.1, 0.15) is 0 Å². The van der Waals surface area contributed by atoms with Gasteiger partial charge >= 0.3 is 0 Å². The molecular formula is C11H17NOS. The lowest BCUT2D eigenvalue weighted by atomic mass is 9.96. The fourth-order valence-corrected chi connectivity index (χ4v) is 2.44. The Morgan fingerprint density at radius 1 is 1.64 bits per heavy atom. The minimum Gasteiger partial charge on any atom is -0.369 e. The van der Waals surface area contributed by atoms with Crippen molar-refractivity contribution in [1.82, 2.24) is 5.32 Å². The van der Waals surface area contributed by atoms with Crippen LogP contribution in [-0.4, -0.2) is 18.7 Å². The number of ether oxygens (including phenoxy) is 1. The SMILES string of the molecule is CC1(OCc2ccsc2)CCCNC1. The summed E-state index contributed by atoms with van der Waals surface area (Å²) in [6.07, 6.45) is 2.39. The first-order valence-electron chi connectivity index (χ1n) is 5.14. The van der Waals surface area contributed by atoms with Gasteiger partial charge in [-0.2, -0.15) is 11.3 Å². The molecule has 1 aromatic heterocycles. The molecule has 2 nitrogen and oxygen atoms in total. The molecule has 0 aliphatic carbocycles. The average molecular weight is 211 g/mol. The Morgan fingerprint density at radius 2 is 2.57 bits per heavy atom. The van der Waals surface area contributed by atoms with Crippen molar-refractivity contribution < 1.29 is 4.74 Å². The van der Waals surface area contributed by atoms with E-state index in [-0.39, 0.29) is 5.60 Å². The summed E-state index contributed by atoms with van der Waals surface area (Å²) in [7, 11) is 0. The van der Waals surface area contributed by atoms with Crippen molar-refractivity contribution in [3.63, 3.8) is 0 Å². The topological polar surface area (TPSA) is 21.3 Å². The van der Waals surface area contributed by atoms with Gasteiger partial charge in [-0.05, 0) is 48.7 Å². The second-order valence-electron chi connectivity index (χ2n) is 4.15. The molecule has 1 aromatic rings. The molecule has 0 amide bonds. The second kappa shape index (κ2) is 4.43. The lowest BCUT2D eigenvalue weighted by Crippen LogP contribution is -2.45. The summed E-state index contributed by atoms with van der Waals surface area (Å²) in [5, 5.41) is 7.63. The third-order valence-corrected chi connectivity index (χ3v) is 3.46. The van der Waals surface area contributed by atoms with E-state index in [0.29, 0.717) is 0 Å². The first kappa shape index (κ1) is 10.1. The maximum absolute atomic E-state index is 5.96. The summed E-state index contributed by atoms with van der Waals surface area (Å²) in [4.78, 5) is 0. The van der Waals surface area contributed by atoms with Crippen LogP contribution in [0.1, 0.15) is 25.3 Å². The number of hydrogen-bond donors (Lipinski definition) is 1. The highest BCUT2D eigenvalue weighted by Crippen LogP contribution is 2.22. The number of rotatable bonds is 3. The number of nitrogens with one attached hydrogen (secondary N) is 1. The largest absolute Gasteiger partial charge is 0.369 e. The predicted molar refractivity (Wildman–Crippen MR) is 59.6 cm³/mol. The molecule has 1 atom stereocenters. The van der Waals surface area contributed by atoms with Gasteiger partial charge < -0.3 is 10.1 Å². The van der Waals surface area contributed by atoms with Gasteiger partial charge in [-0.15, -0.1) is 0 Å². The molecule has 2 heterocycles. The van der Waals surface area contributed by atoms with E-state index in [9.17, 15) is 0 Å². The summed E-state index contributed by atoms with van der Waals surface area (Å²) >= 11 is 1.73. The van der Waals surface area contributed by atoms with Crippen LogP contribution in [0.25, 0.3) is 0 Å². The van der Waals surface area contributed by atoms with Crippen molar-refractivity contribution in [2.45, 2.75) is 32.0 Å². The van der Waals surface area contributed by atoms with Crippen molar-refractivity contribution in [1.29, 1.82) is 0 Å². The summed E-state index contributed by atoms with van der Waals surface area (Å²) < 4.78 is 5.96. The summed E-state index contributed by atoms with van der Waals surface area (Å²) in [5.74, 6) is 0. The Morgan fingerprint density at radius 3 is 3.21 bits per heavy atom. The van der Waals surface area contributed by atoms with Crippen molar-refractivity contribution in [3.05, 3.63) is 22.4 Å². The molecule has 3 heteroatoms. The molecule has 1 saturated heterocycles. The maximum atomic E-state index is 5.96. The molecular weight excluding hydrogens is 194 g/mol. The average Bonchev–Trinajstić information content (AvgIpc) is 2.69. The molecule has 0 saturated carbocycles. The molecule has 0 radical (unpaired) electrons. The zero-order valence-corrected chi connectivity index (χ0v) is 9.40. The van der Waals surface area contributed by atoms with Gasteiger partial charge in [-0.3, -0.25) is 0 Å². The van der Waals surface area contributed by atoms with Crippen LogP contribution >= 0.6 is 11.3 Å². The summed E-state index contributed by atoms with van der Waals surface area (Å²) in [6, 6.07) is 2.13. The van der Waals surface area contributed by atoms with Crippen molar-refractivity contribution >= 4 is 11.3 Å². The van der Waals surface area contributed by atoms with Crippen molar-refractivity contribution in [3.8, 4) is 0 Å². The normalized spacial score (nSPS) is 27.8. The monoisotopic (exact) mass is 211 g/mol. The highest BCUT2D eigenvalue weighted by Gasteiger charge is 2.27. The molecule has 78 valence electrons. The standard InChI is InChI=1S/C11H17NOS/c1-11(4-2-5-12-9-11)13-7-10-3-6-14-8-10/h3,6,8,12H,2,4-5,7,9H2,1H3. The number of hydrogen-bond acceptors (Lipinski definition) is 3. The quantitative estimate of drug-likeness (QED) is 0.829. The molecule has 1 aliphatic heterocycles. The van der Waals surface area contributed by atoms with Crippen LogP contribution in [0.3, 0.4) is 0 Å². The Balaban J connectivity index is 1.84. The zero-order chi connectivity index (χ0) is 9.86. The smallest absolute Gasteiger partial charge is 0.0783 e. The maximum Gasteiger partial charge on any atom is 0.0783 e. The lowest BCUT2D eigenvalue weighted by Gasteiger charge is -2.34. The number of piperidine rings is 1. The van der Waals surface area contributed by atoms with Crippen LogP contribution in [0.2, 0.25) is 0 Å². The van der Waals surface area contributed by atoms with E-state index in [0.717, 1.165) is 19.7 Å². The van der Waals surface area contributed by atoms with Gasteiger partial charge in [-0.25, -0.2) is 0 Å². The van der Waals surface area contributed by atoms with E-state index < -0.39 is 0 Å². The zero-order valence-electron chi connectivity index (χ0n) is 8.58. The van der Waals surface area contributed by atoms with Crippen LogP contribution < -0.4 is 5.32 Å². The van der Waals surface area contributed by atoms with Gasteiger partial charge in [0, 0.05) is 6.54 Å². The minimum atomic E-state index is 0.0419. The van der Waals surface area contributed by atoms with Gasteiger partial charge in [0.2, 0.25) is 0 Å². The molecule has 1 N–H and O–H groups in total. The van der Waals surface area contributed by atoms with E-state index in [1.165, 1.54) is 18.4 Å². The molecule has 0 spiro atoms. The second-order valence-corrected chi connectivity index (χ2v) is 4.93. The van der Waals surface area contributed by atoms with Crippen LogP contribution in [0.15, 0.2) is 16.8 Å². The van der Waals surface area contributed by atoms with Crippen LogP contribution in [0.5, 0.6) is 0 Å². The van der Waals surface area contributed by atoms with Crippen molar-refractivity contribution in [2.24, 2.45) is 0 Å². The van der Waals surface area contributed by atoms with E-state index >= 15 is 0 Å². The highest BCUT2D eigenvalue weighted by molar-refractivity contribution is 7.07. The van der Waals surface area contributed by atoms with Crippen LogP contribution in [-0.2, 0) is 11.3 Å². The van der Waals surface area contributed by atoms with Gasteiger partial charge in [0.05, 0.1) is 12.2 Å². The van der Waals surface area contributed by atoms with Crippen molar-refractivity contribution in [2.75, 3.05) is 13.1 Å². The number of thiophene rings is 1. The lowest BCUT2D eigenvalue weighted by molar-refractivity contribution is -0.0570. The van der Waals surface area contributed by atoms with Gasteiger partial charge in [0.25, 0.3) is 0 Å². The van der Waals surface area contributed by atoms with Crippen LogP contribution in [0.4, 0.5) is 0 Å². The molecule has 14 heavy (non-hydrogen) atoms. The first-order chi connectivity index (χ1) is 6.79. The fourth-order valence-electron chi connectivity index (χ4n) is 1.78. The minimum absolute atomic E-state index is 0.0419. The summed E-state index contributed by atoms with van der Waals surface area (Å²) in [6.45, 7) is 5.07. The molecule has 1 fully saturated rings. The molecule has 1 aliphatic rings. The predicted octanol–water partition coefficient (Wildman–Crippen LogP) is 2.41. The van der Waals surface area contributed by atoms with Crippen LogP contribution in [0, 0.1) is 0 Å². The Hall–Kier alpha value is -0.380. The Kier molecular flexibility index (Phi) is 3.21. The third kappa shape index (κ3) is 2.56. The molecule has 0 bridgehead atoms. The summed E-state index contributed by atoms with van der Waals surface area (Å²) in [5.41, 5.74) is 1.34. The first-order valence-corrected chi connectivity index (χ1v) is 6.09. The van der Waals surface area contributed by atoms with E-state index in [1.54, 1.807) is 11.3 Å². The molecule has 2 rings (SSSR count).